The molecule has 6 N–H and O–H groups in total. The maximum atomic E-state index is 9.36. The molecule has 0 atom stereocenters. The quantitative estimate of drug-likeness (QED) is 0.256. The fraction of sp³-hybridized carbons (Fsp3) is 0.571. The molecule has 4 heteroatoms. The average Bonchev–Trinajstić information content (AvgIpc) is 1.82. The number of allylic oxidation sites excluding steroid dienone is 1. The Kier molecular flexibility index (Phi) is 2.51. The van der Waals surface area contributed by atoms with Crippen molar-refractivity contribution in [2.45, 2.75) is 20.8 Å². The highest BCUT2D eigenvalue weighted by atomic mass is 16.3. The monoisotopic (exact) mass is 157 g/mol. The van der Waals surface area contributed by atoms with Crippen molar-refractivity contribution >= 4 is 5.84 Å². The van der Waals surface area contributed by atoms with Crippen LogP contribution in [0, 0.1) is 10.8 Å². The van der Waals surface area contributed by atoms with Gasteiger partial charge in [0, 0.05) is 5.41 Å². The lowest BCUT2D eigenvalue weighted by Gasteiger charge is -2.18. The first-order chi connectivity index (χ1) is 4.76. The second-order valence-electron chi connectivity index (χ2n) is 3.43. The Bertz CT molecular complexity index is 200. The number of nitrogens with one attached hydrogen (secondary N) is 1. The Hall–Kier alpha value is -1.19. The Morgan fingerprint density at radius 2 is 1.64 bits per heavy atom. The van der Waals surface area contributed by atoms with Crippen LogP contribution in [-0.2, 0) is 0 Å². The van der Waals surface area contributed by atoms with Crippen molar-refractivity contribution in [3.05, 3.63) is 11.5 Å². The second-order valence-corrected chi connectivity index (χ2v) is 3.43. The molecule has 4 nitrogen and oxygen atoms in total. The van der Waals surface area contributed by atoms with Gasteiger partial charge in [-0.15, -0.1) is 0 Å². The maximum absolute atomic E-state index is 9.36. The summed E-state index contributed by atoms with van der Waals surface area (Å²) in [5.74, 6) is -0.331. The van der Waals surface area contributed by atoms with Gasteiger partial charge in [-0.3, -0.25) is 5.41 Å². The summed E-state index contributed by atoms with van der Waals surface area (Å²) in [7, 11) is 0. The van der Waals surface area contributed by atoms with Gasteiger partial charge < -0.3 is 16.6 Å². The highest BCUT2D eigenvalue weighted by Gasteiger charge is 2.20. The summed E-state index contributed by atoms with van der Waals surface area (Å²) in [6.07, 6.45) is 0. The molecule has 64 valence electrons. The SMILES string of the molecule is CC(C)(C)C(O)=C(N)C(=N)N. The van der Waals surface area contributed by atoms with E-state index in [9.17, 15) is 5.11 Å². The summed E-state index contributed by atoms with van der Waals surface area (Å²) in [5.41, 5.74) is 9.91. The second kappa shape index (κ2) is 2.82. The zero-order valence-electron chi connectivity index (χ0n) is 7.10. The molecular formula is C7H15N3O. The van der Waals surface area contributed by atoms with Gasteiger partial charge in [0.05, 0.1) is 0 Å². The van der Waals surface area contributed by atoms with Crippen LogP contribution >= 0.6 is 0 Å². The summed E-state index contributed by atoms with van der Waals surface area (Å²) in [6, 6.07) is 0. The Morgan fingerprint density at radius 1 is 1.27 bits per heavy atom. The molecule has 0 unspecified atom stereocenters. The number of rotatable bonds is 1. The van der Waals surface area contributed by atoms with Crippen molar-refractivity contribution in [1.82, 2.24) is 0 Å². The molecule has 0 aromatic carbocycles. The molecule has 0 aliphatic carbocycles. The molecule has 0 aromatic heterocycles. The minimum absolute atomic E-state index is 0.0370. The van der Waals surface area contributed by atoms with E-state index in [1.165, 1.54) is 0 Å². The van der Waals surface area contributed by atoms with E-state index in [1.54, 1.807) is 20.8 Å². The third-order valence-electron chi connectivity index (χ3n) is 1.26. The smallest absolute Gasteiger partial charge is 0.142 e. The first kappa shape index (κ1) is 9.81. The molecule has 0 amide bonds. The van der Waals surface area contributed by atoms with Gasteiger partial charge in [0.2, 0.25) is 0 Å². The predicted octanol–water partition coefficient (Wildman–Crippen LogP) is 0.697. The van der Waals surface area contributed by atoms with Crippen molar-refractivity contribution in [3.8, 4) is 0 Å². The van der Waals surface area contributed by atoms with Gasteiger partial charge in [-0.1, -0.05) is 20.8 Å². The highest BCUT2D eigenvalue weighted by molar-refractivity contribution is 5.93. The van der Waals surface area contributed by atoms with E-state index >= 15 is 0 Å². The fourth-order valence-electron chi connectivity index (χ4n) is 0.532. The molecule has 0 rings (SSSR count). The standard InChI is InChI=1S/C7H15N3O/c1-7(2,3)5(11)4(8)6(9)10/h11H,8H2,1-3H3,(H3,9,10). The molecule has 0 fully saturated rings. The van der Waals surface area contributed by atoms with Crippen LogP contribution in [0.25, 0.3) is 0 Å². The van der Waals surface area contributed by atoms with Crippen molar-refractivity contribution in [2.75, 3.05) is 0 Å². The molecule has 0 aromatic rings. The molecule has 0 aliphatic heterocycles. The van der Waals surface area contributed by atoms with Gasteiger partial charge in [-0.05, 0) is 0 Å². The van der Waals surface area contributed by atoms with Crippen LogP contribution in [0.5, 0.6) is 0 Å². The van der Waals surface area contributed by atoms with Gasteiger partial charge in [-0.25, -0.2) is 0 Å². The molecule has 0 bridgehead atoms. The number of amidine groups is 1. The van der Waals surface area contributed by atoms with E-state index in [1.807, 2.05) is 0 Å². The third kappa shape index (κ3) is 2.49. The Morgan fingerprint density at radius 3 is 1.73 bits per heavy atom. The molecule has 11 heavy (non-hydrogen) atoms. The maximum Gasteiger partial charge on any atom is 0.142 e. The molecule has 0 saturated heterocycles. The largest absolute Gasteiger partial charge is 0.509 e. The number of nitrogens with two attached hydrogens (primary N) is 2. The van der Waals surface area contributed by atoms with Crippen LogP contribution in [0.2, 0.25) is 0 Å². The van der Waals surface area contributed by atoms with Gasteiger partial charge in [0.25, 0.3) is 0 Å². The van der Waals surface area contributed by atoms with E-state index in [2.05, 4.69) is 0 Å². The lowest BCUT2D eigenvalue weighted by molar-refractivity contribution is 0.273. The predicted molar refractivity (Wildman–Crippen MR) is 45.2 cm³/mol. The lowest BCUT2D eigenvalue weighted by atomic mass is 9.92. The van der Waals surface area contributed by atoms with Crippen LogP contribution in [0.4, 0.5) is 0 Å². The van der Waals surface area contributed by atoms with Crippen LogP contribution in [0.15, 0.2) is 11.5 Å². The zero-order chi connectivity index (χ0) is 9.23. The molecule has 0 saturated carbocycles. The Labute approximate surface area is 66.4 Å². The van der Waals surface area contributed by atoms with Crippen molar-refractivity contribution in [2.24, 2.45) is 16.9 Å². The third-order valence-corrected chi connectivity index (χ3v) is 1.26. The number of hydrogen-bond donors (Lipinski definition) is 4. The van der Waals surface area contributed by atoms with Crippen LogP contribution in [0.3, 0.4) is 0 Å². The first-order valence-electron chi connectivity index (χ1n) is 3.30. The highest BCUT2D eigenvalue weighted by Crippen LogP contribution is 2.23. The van der Waals surface area contributed by atoms with E-state index in [4.69, 9.17) is 16.9 Å². The van der Waals surface area contributed by atoms with Crippen LogP contribution < -0.4 is 11.5 Å². The van der Waals surface area contributed by atoms with E-state index in [0.717, 1.165) is 0 Å². The lowest BCUT2D eigenvalue weighted by Crippen LogP contribution is -2.25. The van der Waals surface area contributed by atoms with Gasteiger partial charge in [-0.2, -0.15) is 0 Å². The van der Waals surface area contributed by atoms with Crippen molar-refractivity contribution < 1.29 is 5.11 Å². The number of aliphatic hydroxyl groups excluding tert-OH is 1. The van der Waals surface area contributed by atoms with E-state index < -0.39 is 5.41 Å². The van der Waals surface area contributed by atoms with Crippen LogP contribution in [0.1, 0.15) is 20.8 Å². The summed E-state index contributed by atoms with van der Waals surface area (Å²) in [5, 5.41) is 16.3. The summed E-state index contributed by atoms with van der Waals surface area (Å²) < 4.78 is 0. The molecule has 0 spiro atoms. The number of hydrogen-bond acceptors (Lipinski definition) is 3. The topological polar surface area (TPSA) is 96.1 Å². The molecule has 0 heterocycles. The Balaban J connectivity index is 4.82. The van der Waals surface area contributed by atoms with Crippen molar-refractivity contribution in [1.29, 1.82) is 5.41 Å². The fourth-order valence-corrected chi connectivity index (χ4v) is 0.532. The van der Waals surface area contributed by atoms with Crippen LogP contribution in [-0.4, -0.2) is 10.9 Å². The molecule has 0 radical (unpaired) electrons. The summed E-state index contributed by atoms with van der Waals surface area (Å²) in [4.78, 5) is 0. The molecule has 0 aliphatic rings. The molecular weight excluding hydrogens is 142 g/mol. The minimum Gasteiger partial charge on any atom is -0.509 e. The zero-order valence-corrected chi connectivity index (χ0v) is 7.10. The average molecular weight is 157 g/mol. The van der Waals surface area contributed by atoms with Gasteiger partial charge in [0.15, 0.2) is 0 Å². The van der Waals surface area contributed by atoms with E-state index in [-0.39, 0.29) is 17.3 Å². The minimum atomic E-state index is -0.449. The first-order valence-corrected chi connectivity index (χ1v) is 3.30. The van der Waals surface area contributed by atoms with Crippen molar-refractivity contribution in [3.63, 3.8) is 0 Å². The van der Waals surface area contributed by atoms with Gasteiger partial charge >= 0.3 is 0 Å². The normalized spacial score (nSPS) is 14.1. The van der Waals surface area contributed by atoms with Gasteiger partial charge in [0.1, 0.15) is 17.3 Å². The summed E-state index contributed by atoms with van der Waals surface area (Å²) >= 11 is 0. The van der Waals surface area contributed by atoms with E-state index in [0.29, 0.717) is 0 Å². The summed E-state index contributed by atoms with van der Waals surface area (Å²) in [6.45, 7) is 5.37. The number of aliphatic hydroxyl groups is 1.